The maximum absolute atomic E-state index is 12.0. The van der Waals surface area contributed by atoms with Gasteiger partial charge in [0.2, 0.25) is 17.7 Å². The summed E-state index contributed by atoms with van der Waals surface area (Å²) in [6.07, 6.45) is 1.49. The van der Waals surface area contributed by atoms with Crippen LogP contribution in [0.3, 0.4) is 0 Å². The summed E-state index contributed by atoms with van der Waals surface area (Å²) >= 11 is 0. The zero-order valence-electron chi connectivity index (χ0n) is 20.6. The fourth-order valence-corrected chi connectivity index (χ4v) is 2.93. The van der Waals surface area contributed by atoms with Gasteiger partial charge in [-0.25, -0.2) is 0 Å². The third-order valence-corrected chi connectivity index (χ3v) is 4.23. The van der Waals surface area contributed by atoms with Crippen molar-refractivity contribution in [3.05, 3.63) is 0 Å². The molecule has 3 amide bonds. The van der Waals surface area contributed by atoms with Gasteiger partial charge in [0.25, 0.3) is 0 Å². The van der Waals surface area contributed by atoms with Crippen molar-refractivity contribution in [1.29, 1.82) is 0 Å². The molecule has 0 unspecified atom stereocenters. The van der Waals surface area contributed by atoms with E-state index in [1.807, 2.05) is 55.4 Å². The number of nitrogens with zero attached hydrogens (tertiary/aromatic N) is 1. The summed E-state index contributed by atoms with van der Waals surface area (Å²) in [5, 5.41) is 8.89. The molecule has 0 radical (unpaired) electrons. The molecule has 176 valence electrons. The van der Waals surface area contributed by atoms with Crippen LogP contribution in [0.1, 0.15) is 74.7 Å². The molecule has 0 saturated carbocycles. The van der Waals surface area contributed by atoms with Crippen LogP contribution in [0.2, 0.25) is 0 Å². The highest BCUT2D eigenvalue weighted by atomic mass is 16.2. The smallest absolute Gasteiger partial charge is 0.220 e. The predicted octanol–water partition coefficient (Wildman–Crippen LogP) is 2.56. The van der Waals surface area contributed by atoms with Crippen LogP contribution >= 0.6 is 0 Å². The van der Waals surface area contributed by atoms with Crippen molar-refractivity contribution >= 4 is 17.7 Å². The van der Waals surface area contributed by atoms with Gasteiger partial charge in [0.15, 0.2) is 0 Å². The molecule has 0 aromatic rings. The lowest BCUT2D eigenvalue weighted by atomic mass is 9.92. The zero-order chi connectivity index (χ0) is 23.4. The quantitative estimate of drug-likeness (QED) is 0.422. The average Bonchev–Trinajstić information content (AvgIpc) is 2.50. The highest BCUT2D eigenvalue weighted by Gasteiger charge is 2.17. The standard InChI is InChI=1S/C23H46N4O3/c1-18(2)15-19(28)24-9-12-27(13-10-25-20(29)16-22(3,4)5)14-11-26-21(30)17-23(6,7)8/h18H,9-17H2,1-8H3,(H,24,28)(H,25,29)(H,26,30). The van der Waals surface area contributed by atoms with Crippen molar-refractivity contribution in [2.24, 2.45) is 16.7 Å². The van der Waals surface area contributed by atoms with Crippen LogP contribution in [-0.2, 0) is 14.4 Å². The predicted molar refractivity (Wildman–Crippen MR) is 123 cm³/mol. The Labute approximate surface area is 184 Å². The number of carbonyl (C=O) groups is 3. The van der Waals surface area contributed by atoms with Gasteiger partial charge in [-0.1, -0.05) is 55.4 Å². The van der Waals surface area contributed by atoms with Crippen molar-refractivity contribution in [3.63, 3.8) is 0 Å². The Morgan fingerprint density at radius 2 is 1.00 bits per heavy atom. The van der Waals surface area contributed by atoms with Gasteiger partial charge in [0, 0.05) is 58.5 Å². The minimum Gasteiger partial charge on any atom is -0.355 e. The van der Waals surface area contributed by atoms with E-state index in [4.69, 9.17) is 0 Å². The van der Waals surface area contributed by atoms with Gasteiger partial charge < -0.3 is 16.0 Å². The van der Waals surface area contributed by atoms with Crippen molar-refractivity contribution < 1.29 is 14.4 Å². The highest BCUT2D eigenvalue weighted by molar-refractivity contribution is 5.77. The van der Waals surface area contributed by atoms with E-state index in [-0.39, 0.29) is 28.6 Å². The van der Waals surface area contributed by atoms with Gasteiger partial charge in [0.1, 0.15) is 0 Å². The molecule has 7 nitrogen and oxygen atoms in total. The highest BCUT2D eigenvalue weighted by Crippen LogP contribution is 2.18. The van der Waals surface area contributed by atoms with E-state index in [1.165, 1.54) is 0 Å². The molecule has 0 bridgehead atoms. The fraction of sp³-hybridized carbons (Fsp3) is 0.870. The van der Waals surface area contributed by atoms with Gasteiger partial charge in [-0.2, -0.15) is 0 Å². The van der Waals surface area contributed by atoms with E-state index in [0.717, 1.165) is 0 Å². The molecule has 0 aliphatic carbocycles. The van der Waals surface area contributed by atoms with E-state index in [0.29, 0.717) is 64.4 Å². The molecule has 0 saturated heterocycles. The molecule has 0 aliphatic rings. The van der Waals surface area contributed by atoms with Crippen LogP contribution in [0.15, 0.2) is 0 Å². The molecule has 0 heterocycles. The maximum atomic E-state index is 12.0. The Morgan fingerprint density at radius 3 is 1.30 bits per heavy atom. The summed E-state index contributed by atoms with van der Waals surface area (Å²) in [5.41, 5.74) is -0.0798. The number of hydrogen-bond acceptors (Lipinski definition) is 4. The lowest BCUT2D eigenvalue weighted by Gasteiger charge is -2.24. The Morgan fingerprint density at radius 1 is 0.667 bits per heavy atom. The molecular weight excluding hydrogens is 380 g/mol. The number of carbonyl (C=O) groups excluding carboxylic acids is 3. The van der Waals surface area contributed by atoms with Gasteiger partial charge in [-0.3, -0.25) is 19.3 Å². The lowest BCUT2D eigenvalue weighted by molar-refractivity contribution is -0.123. The molecule has 30 heavy (non-hydrogen) atoms. The topological polar surface area (TPSA) is 90.5 Å². The summed E-state index contributed by atoms with van der Waals surface area (Å²) in [6, 6.07) is 0. The first kappa shape index (κ1) is 28.4. The molecular formula is C23H46N4O3. The minimum absolute atomic E-state index is 0.0399. The van der Waals surface area contributed by atoms with E-state index in [9.17, 15) is 14.4 Å². The second kappa shape index (κ2) is 13.6. The second-order valence-corrected chi connectivity index (χ2v) is 11.0. The van der Waals surface area contributed by atoms with Crippen LogP contribution in [0.4, 0.5) is 0 Å². The normalized spacial score (nSPS) is 12.2. The monoisotopic (exact) mass is 426 g/mol. The average molecular weight is 427 g/mol. The Balaban J connectivity index is 4.48. The van der Waals surface area contributed by atoms with Crippen molar-refractivity contribution in [2.75, 3.05) is 39.3 Å². The molecule has 0 aromatic heterocycles. The first-order valence-electron chi connectivity index (χ1n) is 11.2. The summed E-state index contributed by atoms with van der Waals surface area (Å²) in [7, 11) is 0. The van der Waals surface area contributed by atoms with Crippen LogP contribution < -0.4 is 16.0 Å². The number of rotatable bonds is 13. The third kappa shape index (κ3) is 18.4. The SMILES string of the molecule is CC(C)CC(=O)NCCN(CCNC(=O)CC(C)(C)C)CCNC(=O)CC(C)(C)C. The molecule has 7 heteroatoms. The van der Waals surface area contributed by atoms with E-state index < -0.39 is 0 Å². The van der Waals surface area contributed by atoms with Crippen LogP contribution in [0, 0.1) is 16.7 Å². The van der Waals surface area contributed by atoms with Crippen LogP contribution in [0.5, 0.6) is 0 Å². The summed E-state index contributed by atoms with van der Waals surface area (Å²) in [4.78, 5) is 38.1. The van der Waals surface area contributed by atoms with Crippen LogP contribution in [-0.4, -0.2) is 61.9 Å². The third-order valence-electron chi connectivity index (χ3n) is 4.23. The van der Waals surface area contributed by atoms with Gasteiger partial charge in [0.05, 0.1) is 0 Å². The molecule has 0 fully saturated rings. The first-order chi connectivity index (χ1) is 13.7. The Bertz CT molecular complexity index is 500. The van der Waals surface area contributed by atoms with Gasteiger partial charge in [-0.15, -0.1) is 0 Å². The Kier molecular flexibility index (Phi) is 12.9. The summed E-state index contributed by atoms with van der Waals surface area (Å²) in [6.45, 7) is 19.9. The maximum Gasteiger partial charge on any atom is 0.220 e. The van der Waals surface area contributed by atoms with Crippen molar-refractivity contribution in [2.45, 2.75) is 74.7 Å². The molecule has 0 rings (SSSR count). The first-order valence-corrected chi connectivity index (χ1v) is 11.2. The van der Waals surface area contributed by atoms with Gasteiger partial charge >= 0.3 is 0 Å². The molecule has 0 aromatic carbocycles. The zero-order valence-corrected chi connectivity index (χ0v) is 20.6. The van der Waals surface area contributed by atoms with Gasteiger partial charge in [-0.05, 0) is 16.7 Å². The summed E-state index contributed by atoms with van der Waals surface area (Å²) < 4.78 is 0. The van der Waals surface area contributed by atoms with Crippen molar-refractivity contribution in [1.82, 2.24) is 20.9 Å². The van der Waals surface area contributed by atoms with E-state index >= 15 is 0 Å². The summed E-state index contributed by atoms with van der Waals surface area (Å²) in [5.74, 6) is 0.483. The minimum atomic E-state index is -0.0399. The molecule has 0 spiro atoms. The number of amides is 3. The molecule has 0 atom stereocenters. The molecule has 3 N–H and O–H groups in total. The van der Waals surface area contributed by atoms with Crippen molar-refractivity contribution in [3.8, 4) is 0 Å². The second-order valence-electron chi connectivity index (χ2n) is 11.0. The fourth-order valence-electron chi connectivity index (χ4n) is 2.93. The molecule has 0 aliphatic heterocycles. The Hall–Kier alpha value is -1.63. The van der Waals surface area contributed by atoms with E-state index in [1.54, 1.807) is 0 Å². The number of hydrogen-bond donors (Lipinski definition) is 3. The number of nitrogens with one attached hydrogen (secondary N) is 3. The van der Waals surface area contributed by atoms with Crippen LogP contribution in [0.25, 0.3) is 0 Å². The van der Waals surface area contributed by atoms with E-state index in [2.05, 4.69) is 20.9 Å². The lowest BCUT2D eigenvalue weighted by Crippen LogP contribution is -2.43. The largest absolute Gasteiger partial charge is 0.355 e.